The Hall–Kier alpha value is -1.63. The first kappa shape index (κ1) is 22.6. The molecule has 2 heterocycles. The molecule has 7 heteroatoms. The molecule has 1 fully saturated rings. The van der Waals surface area contributed by atoms with E-state index in [1.54, 1.807) is 36.5 Å². The summed E-state index contributed by atoms with van der Waals surface area (Å²) in [5.41, 5.74) is 3.67. The number of thiazole rings is 1. The van der Waals surface area contributed by atoms with E-state index < -0.39 is 20.0 Å². The molecular weight excluding hydrogens is 448 g/mol. The molecule has 0 amide bonds. The number of aromatic nitrogens is 1. The van der Waals surface area contributed by atoms with E-state index in [9.17, 15) is 8.42 Å². The number of nitrogens with zero attached hydrogens (tertiary/aromatic N) is 2. The Morgan fingerprint density at radius 1 is 1.16 bits per heavy atom. The van der Waals surface area contributed by atoms with Crippen LogP contribution in [0.5, 0.6) is 0 Å². The van der Waals surface area contributed by atoms with Gasteiger partial charge < -0.3 is 4.90 Å². The molecule has 1 aromatic heterocycles. The molecular formula is C24H29ClN2O2S2. The molecule has 4 nitrogen and oxygen atoms in total. The van der Waals surface area contributed by atoms with E-state index in [4.69, 9.17) is 16.6 Å². The van der Waals surface area contributed by atoms with Gasteiger partial charge in [-0.05, 0) is 37.3 Å². The van der Waals surface area contributed by atoms with Gasteiger partial charge in [-0.15, -0.1) is 22.9 Å². The minimum Gasteiger partial charge on any atom is -0.348 e. The summed E-state index contributed by atoms with van der Waals surface area (Å²) < 4.78 is 26.5. The summed E-state index contributed by atoms with van der Waals surface area (Å²) in [5.74, 6) is 0. The highest BCUT2D eigenvalue weighted by Crippen LogP contribution is 2.36. The molecule has 2 aromatic rings. The van der Waals surface area contributed by atoms with Gasteiger partial charge in [0.25, 0.3) is 0 Å². The van der Waals surface area contributed by atoms with Crippen LogP contribution in [0, 0.1) is 0 Å². The Bertz CT molecular complexity index is 1060. The predicted molar refractivity (Wildman–Crippen MR) is 131 cm³/mol. The zero-order valence-electron chi connectivity index (χ0n) is 18.0. The fourth-order valence-electron chi connectivity index (χ4n) is 4.33. The highest BCUT2D eigenvalue weighted by atomic mass is 35.5. The highest BCUT2D eigenvalue weighted by Gasteiger charge is 2.44. The third kappa shape index (κ3) is 4.91. The van der Waals surface area contributed by atoms with Gasteiger partial charge in [0.15, 0.2) is 15.0 Å². The maximum absolute atomic E-state index is 13.3. The second-order valence-corrected chi connectivity index (χ2v) is 12.6. The van der Waals surface area contributed by atoms with Gasteiger partial charge in [0.05, 0.1) is 15.8 Å². The van der Waals surface area contributed by atoms with Crippen molar-refractivity contribution in [2.45, 2.75) is 54.9 Å². The van der Waals surface area contributed by atoms with E-state index in [0.29, 0.717) is 25.9 Å². The fraction of sp³-hybridized carbons (Fsp3) is 0.458. The molecule has 0 saturated carbocycles. The monoisotopic (exact) mass is 476 g/mol. The standard InChI is InChI=1S/C24H29ClN2O2S2/c1-3-18-7-9-19(10-8-18)16-20-17-30-23(26-20)27-14-11-21(12-15-27)31(28,29)22-6-4-5-13-24(22,2)25/h4-10,13,17,21-22H,3,11-12,14-16H2,1-2H3. The number of aryl methyl sites for hydroxylation is 1. The summed E-state index contributed by atoms with van der Waals surface area (Å²) in [4.78, 5) is 6.16. The summed E-state index contributed by atoms with van der Waals surface area (Å²) in [6, 6.07) is 8.70. The van der Waals surface area contributed by atoms with Crippen molar-refractivity contribution in [3.63, 3.8) is 0 Å². The second-order valence-electron chi connectivity index (χ2n) is 8.56. The van der Waals surface area contributed by atoms with Gasteiger partial charge in [0.1, 0.15) is 5.25 Å². The van der Waals surface area contributed by atoms with Crippen molar-refractivity contribution in [2.24, 2.45) is 0 Å². The van der Waals surface area contributed by atoms with Crippen molar-refractivity contribution in [1.29, 1.82) is 0 Å². The Kier molecular flexibility index (Phi) is 6.61. The average molecular weight is 477 g/mol. The number of benzene rings is 1. The first-order valence-corrected chi connectivity index (χ1v) is 13.7. The molecule has 166 valence electrons. The first-order valence-electron chi connectivity index (χ1n) is 10.8. The normalized spacial score (nSPS) is 24.6. The second kappa shape index (κ2) is 9.08. The molecule has 31 heavy (non-hydrogen) atoms. The van der Waals surface area contributed by atoms with Crippen LogP contribution < -0.4 is 4.90 Å². The van der Waals surface area contributed by atoms with Crippen LogP contribution in [0.2, 0.25) is 0 Å². The summed E-state index contributed by atoms with van der Waals surface area (Å²) in [7, 11) is -3.35. The van der Waals surface area contributed by atoms with Gasteiger partial charge in [0, 0.05) is 24.9 Å². The molecule has 1 saturated heterocycles. The number of alkyl halides is 1. The van der Waals surface area contributed by atoms with E-state index in [-0.39, 0.29) is 5.25 Å². The van der Waals surface area contributed by atoms with Crippen LogP contribution in [-0.4, -0.2) is 41.9 Å². The Morgan fingerprint density at radius 3 is 2.48 bits per heavy atom. The molecule has 1 aliphatic carbocycles. The number of piperidine rings is 1. The number of halogens is 1. The summed E-state index contributed by atoms with van der Waals surface area (Å²) >= 11 is 8.16. The van der Waals surface area contributed by atoms with Crippen molar-refractivity contribution in [2.75, 3.05) is 18.0 Å². The molecule has 0 bridgehead atoms. The summed E-state index contributed by atoms with van der Waals surface area (Å²) in [6.45, 7) is 5.34. The van der Waals surface area contributed by atoms with Gasteiger partial charge >= 0.3 is 0 Å². The quantitative estimate of drug-likeness (QED) is 0.539. The molecule has 0 spiro atoms. The molecule has 1 aromatic carbocycles. The first-order chi connectivity index (χ1) is 14.8. The third-order valence-corrected chi connectivity index (χ3v) is 10.5. The van der Waals surface area contributed by atoms with Crippen LogP contribution >= 0.6 is 22.9 Å². The number of hydrogen-bond donors (Lipinski definition) is 0. The lowest BCUT2D eigenvalue weighted by molar-refractivity contribution is 0.518. The summed E-state index contributed by atoms with van der Waals surface area (Å²) in [6.07, 6.45) is 10.2. The Morgan fingerprint density at radius 2 is 1.84 bits per heavy atom. The van der Waals surface area contributed by atoms with Crippen LogP contribution in [0.4, 0.5) is 5.13 Å². The van der Waals surface area contributed by atoms with Crippen molar-refractivity contribution >= 4 is 37.9 Å². The minimum absolute atomic E-state index is 0.362. The number of rotatable bonds is 6. The van der Waals surface area contributed by atoms with Gasteiger partial charge in [-0.2, -0.15) is 0 Å². The zero-order valence-corrected chi connectivity index (χ0v) is 20.4. The van der Waals surface area contributed by atoms with Crippen molar-refractivity contribution in [3.8, 4) is 0 Å². The summed E-state index contributed by atoms with van der Waals surface area (Å²) in [5, 5.41) is 2.07. The maximum Gasteiger partial charge on any atom is 0.185 e. The third-order valence-electron chi connectivity index (χ3n) is 6.26. The fourth-order valence-corrected chi connectivity index (χ4v) is 8.04. The lowest BCUT2D eigenvalue weighted by atomic mass is 10.0. The van der Waals surface area contributed by atoms with Crippen LogP contribution in [-0.2, 0) is 22.7 Å². The molecule has 1 aliphatic heterocycles. The van der Waals surface area contributed by atoms with Crippen LogP contribution in [0.1, 0.15) is 43.5 Å². The zero-order chi connectivity index (χ0) is 22.1. The smallest absolute Gasteiger partial charge is 0.185 e. The van der Waals surface area contributed by atoms with Crippen LogP contribution in [0.3, 0.4) is 0 Å². The molecule has 2 unspecified atom stereocenters. The predicted octanol–water partition coefficient (Wildman–Crippen LogP) is 5.17. The van der Waals surface area contributed by atoms with Crippen molar-refractivity contribution < 1.29 is 8.42 Å². The van der Waals surface area contributed by atoms with Gasteiger partial charge in [-0.3, -0.25) is 0 Å². The molecule has 0 N–H and O–H groups in total. The topological polar surface area (TPSA) is 50.3 Å². The number of anilines is 1. The maximum atomic E-state index is 13.3. The van der Waals surface area contributed by atoms with E-state index in [1.807, 2.05) is 6.08 Å². The number of sulfone groups is 1. The van der Waals surface area contributed by atoms with Gasteiger partial charge in [-0.25, -0.2) is 13.4 Å². The Labute approximate surface area is 194 Å². The van der Waals surface area contributed by atoms with E-state index in [2.05, 4.69) is 41.5 Å². The van der Waals surface area contributed by atoms with Gasteiger partial charge in [-0.1, -0.05) is 55.5 Å². The Balaban J connectivity index is 1.38. The average Bonchev–Trinajstić information content (AvgIpc) is 3.22. The SMILES string of the molecule is CCc1ccc(Cc2csc(N3CCC(S(=O)(=O)C4C=CC=CC4(C)Cl)CC3)n2)cc1. The van der Waals surface area contributed by atoms with Gasteiger partial charge in [0.2, 0.25) is 0 Å². The largest absolute Gasteiger partial charge is 0.348 e. The van der Waals surface area contributed by atoms with Crippen LogP contribution in [0.25, 0.3) is 0 Å². The van der Waals surface area contributed by atoms with E-state index in [1.165, 1.54) is 11.1 Å². The number of allylic oxidation sites excluding steroid dienone is 3. The molecule has 4 rings (SSSR count). The highest BCUT2D eigenvalue weighted by molar-refractivity contribution is 7.93. The van der Waals surface area contributed by atoms with E-state index >= 15 is 0 Å². The van der Waals surface area contributed by atoms with Crippen LogP contribution in [0.15, 0.2) is 53.9 Å². The lowest BCUT2D eigenvalue weighted by Crippen LogP contribution is -2.47. The molecule has 0 radical (unpaired) electrons. The molecule has 2 atom stereocenters. The number of hydrogen-bond acceptors (Lipinski definition) is 5. The van der Waals surface area contributed by atoms with E-state index in [0.717, 1.165) is 23.7 Å². The minimum atomic E-state index is -3.35. The van der Waals surface area contributed by atoms with Crippen molar-refractivity contribution in [3.05, 3.63) is 70.8 Å². The lowest BCUT2D eigenvalue weighted by Gasteiger charge is -2.36. The van der Waals surface area contributed by atoms with Crippen molar-refractivity contribution in [1.82, 2.24) is 4.98 Å². The molecule has 2 aliphatic rings.